The number of nitrogens with zero attached hydrogens (tertiary/aromatic N) is 3. The van der Waals surface area contributed by atoms with Crippen molar-refractivity contribution in [3.8, 4) is 39.7 Å². The normalized spacial score (nSPS) is 11.3. The van der Waals surface area contributed by atoms with Gasteiger partial charge < -0.3 is 14.4 Å². The summed E-state index contributed by atoms with van der Waals surface area (Å²) in [5, 5.41) is 12.5. The molecule has 0 spiro atoms. The molecule has 0 saturated heterocycles. The van der Waals surface area contributed by atoms with Gasteiger partial charge in [-0.25, -0.2) is 5.26 Å². The molecule has 259 valence electrons. The van der Waals surface area contributed by atoms with Crippen LogP contribution in [0.4, 0.5) is 0 Å². The minimum absolute atomic E-state index is 0. The molecule has 0 aliphatic heterocycles. The smallest absolute Gasteiger partial charge is 0.123 e. The van der Waals surface area contributed by atoms with Gasteiger partial charge in [0.1, 0.15) is 5.58 Å². The van der Waals surface area contributed by atoms with Crippen LogP contribution >= 0.6 is 0 Å². The van der Waals surface area contributed by atoms with Gasteiger partial charge in [0, 0.05) is 44.0 Å². The summed E-state index contributed by atoms with van der Waals surface area (Å²) in [6.45, 7) is 18.0. The summed E-state index contributed by atoms with van der Waals surface area (Å²) in [6.07, 6.45) is 3.92. The number of fused-ring (bicyclic) bond motifs is 3. The van der Waals surface area contributed by atoms with Crippen molar-refractivity contribution in [3.05, 3.63) is 138 Å². The molecule has 4 aromatic carbocycles. The van der Waals surface area contributed by atoms with Crippen LogP contribution in [0.25, 0.3) is 55.6 Å². The molecule has 3 aromatic heterocycles. The summed E-state index contributed by atoms with van der Waals surface area (Å²) in [5.74, 6) is 0.925. The van der Waals surface area contributed by atoms with Gasteiger partial charge in [-0.3, -0.25) is 0 Å². The first-order valence-electron chi connectivity index (χ1n) is 17.3. The van der Waals surface area contributed by atoms with E-state index in [0.29, 0.717) is 17.4 Å². The van der Waals surface area contributed by atoms with Crippen LogP contribution in [0.1, 0.15) is 61.8 Å². The van der Waals surface area contributed by atoms with Gasteiger partial charge >= 0.3 is 0 Å². The monoisotopic (exact) mass is 862 g/mol. The zero-order chi connectivity index (χ0) is 35.6. The number of furan rings is 1. The molecular weight excluding hydrogens is 819 g/mol. The Labute approximate surface area is 317 Å². The van der Waals surface area contributed by atoms with Gasteiger partial charge in [0.25, 0.3) is 0 Å². The molecule has 51 heavy (non-hydrogen) atoms. The maximum atomic E-state index is 8.86. The standard InChI is InChI=1S/C27H22NO.C18H21N2Si.Ir/c1-17(2)20-12-13-28-25(16-20)23-11-7-10-22-24-15-21(19-8-5-4-6-9-19)14-18(3)26(24)29-27(22)23;1-13(2)16-10-17(20-12-18(16)21(3,4)5)15-8-6-14(11-19)7-9-15;/h4-10,12-17H,1-3H3;6-8,10,12-13H,1-5H3;/q2*-1;. The van der Waals surface area contributed by atoms with Crippen LogP contribution in [0.5, 0.6) is 0 Å². The van der Waals surface area contributed by atoms with E-state index in [1.54, 1.807) is 6.07 Å². The molecule has 0 aliphatic rings. The van der Waals surface area contributed by atoms with Crippen LogP contribution in [-0.4, -0.2) is 18.0 Å². The zero-order valence-corrected chi connectivity index (χ0v) is 33.9. The summed E-state index contributed by atoms with van der Waals surface area (Å²) in [7, 11) is -1.40. The molecule has 0 aliphatic carbocycles. The number of hydrogen-bond acceptors (Lipinski definition) is 4. The zero-order valence-electron chi connectivity index (χ0n) is 30.6. The van der Waals surface area contributed by atoms with Crippen LogP contribution in [0.15, 0.2) is 108 Å². The van der Waals surface area contributed by atoms with E-state index in [1.165, 1.54) is 27.4 Å². The third kappa shape index (κ3) is 8.13. The van der Waals surface area contributed by atoms with Crippen molar-refractivity contribution < 1.29 is 24.5 Å². The summed E-state index contributed by atoms with van der Waals surface area (Å²) in [6, 6.07) is 39.5. The minimum Gasteiger partial charge on any atom is -0.500 e. The Morgan fingerprint density at radius 3 is 2.18 bits per heavy atom. The van der Waals surface area contributed by atoms with Gasteiger partial charge in [0.05, 0.1) is 13.7 Å². The topological polar surface area (TPSA) is 62.7 Å². The molecule has 3 heterocycles. The molecule has 1 radical (unpaired) electrons. The predicted octanol–water partition coefficient (Wildman–Crippen LogP) is 11.6. The Bertz CT molecular complexity index is 2330. The minimum atomic E-state index is -1.40. The van der Waals surface area contributed by atoms with Gasteiger partial charge in [0.2, 0.25) is 0 Å². The maximum absolute atomic E-state index is 8.86. The van der Waals surface area contributed by atoms with Crippen molar-refractivity contribution in [2.75, 3.05) is 0 Å². The fourth-order valence-corrected chi connectivity index (χ4v) is 8.00. The van der Waals surface area contributed by atoms with Gasteiger partial charge in [-0.1, -0.05) is 112 Å². The van der Waals surface area contributed by atoms with Crippen LogP contribution in [-0.2, 0) is 20.1 Å². The van der Waals surface area contributed by atoms with Crippen molar-refractivity contribution in [1.29, 1.82) is 5.26 Å². The van der Waals surface area contributed by atoms with Crippen LogP contribution in [0.2, 0.25) is 19.6 Å². The van der Waals surface area contributed by atoms with E-state index in [2.05, 4.69) is 143 Å². The average Bonchev–Trinajstić information content (AvgIpc) is 3.51. The van der Waals surface area contributed by atoms with Gasteiger partial charge in [0.15, 0.2) is 0 Å². The molecule has 0 N–H and O–H groups in total. The average molecular weight is 862 g/mol. The maximum Gasteiger partial charge on any atom is 0.123 e. The summed E-state index contributed by atoms with van der Waals surface area (Å²) < 4.78 is 6.39. The molecule has 7 aromatic rings. The number of aromatic nitrogens is 2. The molecule has 0 saturated carbocycles. The van der Waals surface area contributed by atoms with E-state index in [0.717, 1.165) is 50.0 Å². The number of rotatable bonds is 6. The Morgan fingerprint density at radius 1 is 0.765 bits per heavy atom. The molecule has 7 rings (SSSR count). The Kier molecular flexibility index (Phi) is 11.6. The summed E-state index contributed by atoms with van der Waals surface area (Å²) in [5.41, 5.74) is 12.3. The molecule has 0 bridgehead atoms. The van der Waals surface area contributed by atoms with E-state index >= 15 is 0 Å². The molecule has 0 atom stereocenters. The molecule has 4 nitrogen and oxygen atoms in total. The van der Waals surface area contributed by atoms with Crippen molar-refractivity contribution in [2.24, 2.45) is 0 Å². The van der Waals surface area contributed by atoms with E-state index in [-0.39, 0.29) is 20.1 Å². The van der Waals surface area contributed by atoms with E-state index in [1.807, 2.05) is 36.7 Å². The number of pyridine rings is 2. The van der Waals surface area contributed by atoms with Crippen molar-refractivity contribution >= 4 is 35.2 Å². The van der Waals surface area contributed by atoms with Crippen LogP contribution in [0, 0.1) is 30.4 Å². The third-order valence-corrected chi connectivity index (χ3v) is 11.1. The number of nitriles is 1. The van der Waals surface area contributed by atoms with Gasteiger partial charge in [-0.2, -0.15) is 0 Å². The molecule has 0 unspecified atom stereocenters. The predicted molar refractivity (Wildman–Crippen MR) is 210 cm³/mol. The summed E-state index contributed by atoms with van der Waals surface area (Å²) in [4.78, 5) is 9.24. The van der Waals surface area contributed by atoms with Crippen molar-refractivity contribution in [2.45, 2.75) is 66.1 Å². The fraction of sp³-hybridized carbons (Fsp3) is 0.222. The SMILES string of the molecule is CC(C)c1cc(-c2[c-]cc(C#N)cc2)ncc1[Si](C)(C)C.Cc1cc(-c2ccccc2)cc2c1oc1c(-c3cc(C(C)C)ccn3)[c-]ccc12.[Ir]. The first-order valence-corrected chi connectivity index (χ1v) is 20.8. The van der Waals surface area contributed by atoms with Gasteiger partial charge in [-0.05, 0) is 75.8 Å². The quantitative estimate of drug-likeness (QED) is 0.123. The van der Waals surface area contributed by atoms with Crippen molar-refractivity contribution in [1.82, 2.24) is 9.97 Å². The Hall–Kier alpha value is -4.66. The Morgan fingerprint density at radius 2 is 1.53 bits per heavy atom. The van der Waals surface area contributed by atoms with E-state index in [4.69, 9.17) is 9.68 Å². The fourth-order valence-electron chi connectivity index (χ4n) is 6.32. The molecule has 0 fully saturated rings. The second kappa shape index (κ2) is 15.7. The van der Waals surface area contributed by atoms with Crippen molar-refractivity contribution in [3.63, 3.8) is 0 Å². The van der Waals surface area contributed by atoms with Crippen LogP contribution in [0.3, 0.4) is 0 Å². The molecular formula is C45H43IrN3OSi-2. The van der Waals surface area contributed by atoms with E-state index in [9.17, 15) is 0 Å². The first kappa shape index (κ1) is 37.6. The van der Waals surface area contributed by atoms with Crippen LogP contribution < -0.4 is 5.19 Å². The largest absolute Gasteiger partial charge is 0.500 e. The number of hydrogen-bond donors (Lipinski definition) is 0. The first-order chi connectivity index (χ1) is 23.9. The second-order valence-corrected chi connectivity index (χ2v) is 19.6. The molecule has 6 heteroatoms. The Balaban J connectivity index is 0.000000205. The summed E-state index contributed by atoms with van der Waals surface area (Å²) >= 11 is 0. The number of benzene rings is 4. The number of aryl methyl sites for hydroxylation is 1. The molecule has 0 amide bonds. The van der Waals surface area contributed by atoms with Gasteiger partial charge in [-0.15, -0.1) is 48.0 Å². The third-order valence-electron chi connectivity index (χ3n) is 9.12. The van der Waals surface area contributed by atoms with E-state index < -0.39 is 8.07 Å². The second-order valence-electron chi connectivity index (χ2n) is 14.5.